The maximum absolute atomic E-state index is 13.3. The van der Waals surface area contributed by atoms with Crippen molar-refractivity contribution in [3.05, 3.63) is 29.3 Å². The Bertz CT molecular complexity index is 361. The molecule has 1 aliphatic rings. The second-order valence-electron chi connectivity index (χ2n) is 3.92. The molecule has 2 rings (SSSR count). The largest absolute Gasteiger partial charge is 0.368 e. The summed E-state index contributed by atoms with van der Waals surface area (Å²) in [5.74, 6) is -0.906. The fourth-order valence-electron chi connectivity index (χ4n) is 1.98. The average molecular weight is 197 g/mol. The van der Waals surface area contributed by atoms with Gasteiger partial charge in [0.15, 0.2) is 0 Å². The molecule has 0 spiro atoms. The number of hydrogen-bond donors (Lipinski definition) is 0. The average Bonchev–Trinajstić information content (AvgIpc) is 2.47. The van der Waals surface area contributed by atoms with Crippen molar-refractivity contribution in [2.24, 2.45) is 0 Å². The molecule has 3 heteroatoms. The highest BCUT2D eigenvalue weighted by Crippen LogP contribution is 2.32. The normalized spacial score (nSPS) is 15.1. The highest BCUT2D eigenvalue weighted by molar-refractivity contribution is 5.59. The summed E-state index contributed by atoms with van der Waals surface area (Å²) in [5, 5.41) is 0. The Morgan fingerprint density at radius 3 is 2.64 bits per heavy atom. The molecule has 0 fully saturated rings. The van der Waals surface area contributed by atoms with Crippen molar-refractivity contribution in [1.29, 1.82) is 0 Å². The SMILES string of the molecule is CC(C)N1CCc2c(F)cc(F)cc21. The number of benzene rings is 1. The van der Waals surface area contributed by atoms with E-state index in [9.17, 15) is 8.78 Å². The van der Waals surface area contributed by atoms with Crippen LogP contribution in [0.25, 0.3) is 0 Å². The van der Waals surface area contributed by atoms with Gasteiger partial charge in [0.25, 0.3) is 0 Å². The first-order valence-corrected chi connectivity index (χ1v) is 4.84. The number of halogens is 2. The van der Waals surface area contributed by atoms with Crippen LogP contribution in [0.1, 0.15) is 19.4 Å². The number of fused-ring (bicyclic) bond motifs is 1. The summed E-state index contributed by atoms with van der Waals surface area (Å²) in [6.07, 6.45) is 0.680. The second-order valence-corrected chi connectivity index (χ2v) is 3.92. The van der Waals surface area contributed by atoms with Crippen LogP contribution >= 0.6 is 0 Å². The third-order valence-corrected chi connectivity index (χ3v) is 2.67. The highest BCUT2D eigenvalue weighted by Gasteiger charge is 2.24. The molecule has 0 saturated heterocycles. The summed E-state index contributed by atoms with van der Waals surface area (Å²) in [6.45, 7) is 4.84. The van der Waals surface area contributed by atoms with Crippen LogP contribution < -0.4 is 4.90 Å². The quantitative estimate of drug-likeness (QED) is 0.669. The Morgan fingerprint density at radius 2 is 2.00 bits per heavy atom. The second kappa shape index (κ2) is 3.23. The smallest absolute Gasteiger partial charge is 0.131 e. The Hall–Kier alpha value is -1.12. The lowest BCUT2D eigenvalue weighted by Gasteiger charge is -2.23. The molecule has 1 aromatic carbocycles. The van der Waals surface area contributed by atoms with Gasteiger partial charge in [-0.2, -0.15) is 0 Å². The van der Waals surface area contributed by atoms with Crippen molar-refractivity contribution in [2.45, 2.75) is 26.3 Å². The molecule has 1 aliphatic heterocycles. The van der Waals surface area contributed by atoms with Gasteiger partial charge in [-0.3, -0.25) is 0 Å². The summed E-state index contributed by atoms with van der Waals surface area (Å²) in [7, 11) is 0. The third-order valence-electron chi connectivity index (χ3n) is 2.67. The molecule has 76 valence electrons. The molecule has 1 heterocycles. The number of nitrogens with zero attached hydrogens (tertiary/aromatic N) is 1. The lowest BCUT2D eigenvalue weighted by Crippen LogP contribution is -2.28. The Kier molecular flexibility index (Phi) is 2.17. The molecule has 0 radical (unpaired) electrons. The lowest BCUT2D eigenvalue weighted by atomic mass is 10.1. The molecule has 0 N–H and O–H groups in total. The van der Waals surface area contributed by atoms with Crippen LogP contribution in [0.4, 0.5) is 14.5 Å². The Balaban J connectivity index is 2.49. The maximum atomic E-state index is 13.3. The molecule has 0 atom stereocenters. The number of anilines is 1. The van der Waals surface area contributed by atoms with E-state index in [2.05, 4.69) is 0 Å². The van der Waals surface area contributed by atoms with E-state index in [-0.39, 0.29) is 6.04 Å². The van der Waals surface area contributed by atoms with Crippen molar-refractivity contribution in [3.8, 4) is 0 Å². The minimum atomic E-state index is -0.492. The van der Waals surface area contributed by atoms with E-state index in [0.717, 1.165) is 18.3 Å². The maximum Gasteiger partial charge on any atom is 0.131 e. The lowest BCUT2D eigenvalue weighted by molar-refractivity contribution is 0.577. The van der Waals surface area contributed by atoms with Crippen LogP contribution in [0.2, 0.25) is 0 Å². The van der Waals surface area contributed by atoms with Crippen LogP contribution in [0.3, 0.4) is 0 Å². The molecule has 0 aliphatic carbocycles. The summed E-state index contributed by atoms with van der Waals surface area (Å²) in [4.78, 5) is 2.03. The van der Waals surface area contributed by atoms with E-state index in [1.165, 1.54) is 6.07 Å². The van der Waals surface area contributed by atoms with Gasteiger partial charge < -0.3 is 4.90 Å². The predicted molar refractivity (Wildman–Crippen MR) is 52.5 cm³/mol. The molecule has 0 bridgehead atoms. The summed E-state index contributed by atoms with van der Waals surface area (Å²) >= 11 is 0. The summed E-state index contributed by atoms with van der Waals surface area (Å²) in [6, 6.07) is 2.67. The zero-order valence-corrected chi connectivity index (χ0v) is 8.35. The van der Waals surface area contributed by atoms with E-state index < -0.39 is 11.6 Å². The fourth-order valence-corrected chi connectivity index (χ4v) is 1.98. The predicted octanol–water partition coefficient (Wildman–Crippen LogP) is 2.74. The van der Waals surface area contributed by atoms with Crippen molar-refractivity contribution in [3.63, 3.8) is 0 Å². The zero-order valence-electron chi connectivity index (χ0n) is 8.35. The molecule has 0 saturated carbocycles. The van der Waals surface area contributed by atoms with Crippen LogP contribution in [0.15, 0.2) is 12.1 Å². The number of rotatable bonds is 1. The van der Waals surface area contributed by atoms with Crippen LogP contribution in [0.5, 0.6) is 0 Å². The minimum absolute atomic E-state index is 0.289. The molecule has 0 unspecified atom stereocenters. The van der Waals surface area contributed by atoms with Gasteiger partial charge in [0, 0.05) is 29.9 Å². The van der Waals surface area contributed by atoms with Gasteiger partial charge in [-0.15, -0.1) is 0 Å². The van der Waals surface area contributed by atoms with E-state index in [1.807, 2.05) is 18.7 Å². The van der Waals surface area contributed by atoms with E-state index in [0.29, 0.717) is 12.0 Å². The van der Waals surface area contributed by atoms with Gasteiger partial charge in [-0.25, -0.2) is 8.78 Å². The molecule has 0 aromatic heterocycles. The molecular weight excluding hydrogens is 184 g/mol. The Labute approximate surface area is 82.3 Å². The van der Waals surface area contributed by atoms with Gasteiger partial charge in [0.05, 0.1) is 0 Å². The van der Waals surface area contributed by atoms with Crippen molar-refractivity contribution >= 4 is 5.69 Å². The van der Waals surface area contributed by atoms with Crippen LogP contribution in [-0.4, -0.2) is 12.6 Å². The summed E-state index contributed by atoms with van der Waals surface area (Å²) in [5.41, 5.74) is 1.37. The topological polar surface area (TPSA) is 3.24 Å². The molecule has 14 heavy (non-hydrogen) atoms. The monoisotopic (exact) mass is 197 g/mol. The van der Waals surface area contributed by atoms with Crippen LogP contribution in [0, 0.1) is 11.6 Å². The number of hydrogen-bond acceptors (Lipinski definition) is 1. The standard InChI is InChI=1S/C11H13F2N/c1-7(2)14-4-3-9-10(13)5-8(12)6-11(9)14/h5-7H,3-4H2,1-2H3. The first-order valence-electron chi connectivity index (χ1n) is 4.84. The molecular formula is C11H13F2N. The highest BCUT2D eigenvalue weighted by atomic mass is 19.1. The van der Waals surface area contributed by atoms with E-state index >= 15 is 0 Å². The first-order chi connectivity index (χ1) is 6.59. The van der Waals surface area contributed by atoms with Gasteiger partial charge in [0.2, 0.25) is 0 Å². The van der Waals surface area contributed by atoms with Crippen molar-refractivity contribution < 1.29 is 8.78 Å². The van der Waals surface area contributed by atoms with Gasteiger partial charge in [-0.1, -0.05) is 0 Å². The van der Waals surface area contributed by atoms with Gasteiger partial charge in [0.1, 0.15) is 11.6 Å². The molecule has 1 aromatic rings. The fraction of sp³-hybridized carbons (Fsp3) is 0.455. The van der Waals surface area contributed by atoms with E-state index in [1.54, 1.807) is 0 Å². The van der Waals surface area contributed by atoms with Gasteiger partial charge >= 0.3 is 0 Å². The van der Waals surface area contributed by atoms with Crippen LogP contribution in [-0.2, 0) is 6.42 Å². The molecule has 0 amide bonds. The van der Waals surface area contributed by atoms with Gasteiger partial charge in [-0.05, 0) is 26.3 Å². The summed E-state index contributed by atoms with van der Waals surface area (Å²) < 4.78 is 26.3. The Morgan fingerprint density at radius 1 is 1.29 bits per heavy atom. The first kappa shape index (κ1) is 9.44. The van der Waals surface area contributed by atoms with Crippen molar-refractivity contribution in [1.82, 2.24) is 0 Å². The van der Waals surface area contributed by atoms with E-state index in [4.69, 9.17) is 0 Å². The zero-order chi connectivity index (χ0) is 10.3. The minimum Gasteiger partial charge on any atom is -0.368 e. The van der Waals surface area contributed by atoms with Crippen molar-refractivity contribution in [2.75, 3.05) is 11.4 Å². The third kappa shape index (κ3) is 1.37. The molecule has 1 nitrogen and oxygen atoms in total.